The maximum absolute atomic E-state index is 12.6. The molecule has 6 heteroatoms. The van der Waals surface area contributed by atoms with Crippen LogP contribution in [0.5, 0.6) is 5.88 Å². The highest BCUT2D eigenvalue weighted by Crippen LogP contribution is 2.43. The third kappa shape index (κ3) is 3.49. The predicted molar refractivity (Wildman–Crippen MR) is 94.4 cm³/mol. The Bertz CT molecular complexity index is 693. The van der Waals surface area contributed by atoms with Crippen LogP contribution in [-0.4, -0.2) is 52.5 Å². The summed E-state index contributed by atoms with van der Waals surface area (Å²) in [5, 5.41) is 9.37. The topological polar surface area (TPSA) is 71.9 Å². The van der Waals surface area contributed by atoms with E-state index < -0.39 is 5.60 Å². The standard InChI is InChI=1S/C19H26N2O4/c1-19(2,3)25-18(23)21-12-5-7-16(21)14(11-12)13-6-8-17(24-4)20-15(13)9-10-22/h6,8,11-12,16,22H,5,7,9-10H2,1-4H3. The maximum atomic E-state index is 12.6. The van der Waals surface area contributed by atoms with E-state index in [1.165, 1.54) is 0 Å². The lowest BCUT2D eigenvalue weighted by Crippen LogP contribution is -2.40. The van der Waals surface area contributed by atoms with Gasteiger partial charge in [0.15, 0.2) is 0 Å². The number of pyridine rings is 1. The van der Waals surface area contributed by atoms with Crippen LogP contribution in [0.1, 0.15) is 44.9 Å². The van der Waals surface area contributed by atoms with Crippen molar-refractivity contribution in [2.45, 2.75) is 57.7 Å². The Labute approximate surface area is 148 Å². The Morgan fingerprint density at radius 1 is 1.36 bits per heavy atom. The lowest BCUT2D eigenvalue weighted by Gasteiger charge is -2.28. The second kappa shape index (κ2) is 6.67. The van der Waals surface area contributed by atoms with Gasteiger partial charge in [-0.25, -0.2) is 9.78 Å². The zero-order valence-electron chi connectivity index (χ0n) is 15.3. The molecule has 1 aromatic heterocycles. The molecule has 1 amide bonds. The van der Waals surface area contributed by atoms with Crippen molar-refractivity contribution in [2.24, 2.45) is 0 Å². The van der Waals surface area contributed by atoms with E-state index in [1.54, 1.807) is 7.11 Å². The van der Waals surface area contributed by atoms with Crippen molar-refractivity contribution in [3.63, 3.8) is 0 Å². The fourth-order valence-corrected chi connectivity index (χ4v) is 3.63. The van der Waals surface area contributed by atoms with Crippen LogP contribution in [0.3, 0.4) is 0 Å². The van der Waals surface area contributed by atoms with Crippen LogP contribution in [0.15, 0.2) is 18.2 Å². The number of fused-ring (bicyclic) bond motifs is 2. The number of carbonyl (C=O) groups excluding carboxylic acids is 1. The van der Waals surface area contributed by atoms with Crippen molar-refractivity contribution in [2.75, 3.05) is 13.7 Å². The van der Waals surface area contributed by atoms with Gasteiger partial charge in [-0.3, -0.25) is 4.90 Å². The van der Waals surface area contributed by atoms with E-state index in [0.29, 0.717) is 12.3 Å². The minimum Gasteiger partial charge on any atom is -0.481 e. The molecule has 3 heterocycles. The van der Waals surface area contributed by atoms with Crippen molar-refractivity contribution in [1.82, 2.24) is 9.88 Å². The summed E-state index contributed by atoms with van der Waals surface area (Å²) < 4.78 is 10.8. The number of hydrogen-bond acceptors (Lipinski definition) is 5. The number of aromatic nitrogens is 1. The van der Waals surface area contributed by atoms with E-state index >= 15 is 0 Å². The van der Waals surface area contributed by atoms with E-state index in [4.69, 9.17) is 9.47 Å². The quantitative estimate of drug-likeness (QED) is 0.908. The molecule has 3 rings (SSSR count). The van der Waals surface area contributed by atoms with Crippen molar-refractivity contribution in [3.8, 4) is 5.88 Å². The molecule has 1 saturated heterocycles. The fourth-order valence-electron chi connectivity index (χ4n) is 3.63. The maximum Gasteiger partial charge on any atom is 0.411 e. The van der Waals surface area contributed by atoms with Crippen molar-refractivity contribution in [1.29, 1.82) is 0 Å². The van der Waals surface area contributed by atoms with Gasteiger partial charge in [-0.2, -0.15) is 0 Å². The number of aliphatic hydroxyl groups excluding tert-OH is 1. The van der Waals surface area contributed by atoms with Crippen molar-refractivity contribution in [3.05, 3.63) is 29.5 Å². The first-order valence-electron chi connectivity index (χ1n) is 8.72. The number of rotatable bonds is 4. The zero-order chi connectivity index (χ0) is 18.2. The molecule has 25 heavy (non-hydrogen) atoms. The monoisotopic (exact) mass is 346 g/mol. The van der Waals surface area contributed by atoms with Crippen LogP contribution in [-0.2, 0) is 11.2 Å². The molecule has 0 aromatic carbocycles. The third-order valence-electron chi connectivity index (χ3n) is 4.58. The molecule has 2 aliphatic rings. The highest BCUT2D eigenvalue weighted by molar-refractivity contribution is 5.82. The summed E-state index contributed by atoms with van der Waals surface area (Å²) in [6.45, 7) is 5.65. The molecule has 0 aliphatic carbocycles. The van der Waals surface area contributed by atoms with Gasteiger partial charge in [0.2, 0.25) is 5.88 Å². The molecule has 2 atom stereocenters. The molecule has 2 unspecified atom stereocenters. The molecule has 136 valence electrons. The molecule has 2 aliphatic heterocycles. The normalized spacial score (nSPS) is 22.1. The highest BCUT2D eigenvalue weighted by Gasteiger charge is 2.45. The minimum absolute atomic E-state index is 0.00693. The summed E-state index contributed by atoms with van der Waals surface area (Å²) in [5.74, 6) is 0.528. The molecule has 0 saturated carbocycles. The first kappa shape index (κ1) is 17.7. The van der Waals surface area contributed by atoms with Gasteiger partial charge in [-0.1, -0.05) is 6.08 Å². The molecule has 6 nitrogen and oxygen atoms in total. The Hall–Kier alpha value is -2.08. The number of ether oxygens (including phenoxy) is 2. The van der Waals surface area contributed by atoms with Gasteiger partial charge in [0.1, 0.15) is 5.60 Å². The third-order valence-corrected chi connectivity index (χ3v) is 4.58. The predicted octanol–water partition coefficient (Wildman–Crippen LogP) is 2.79. The number of carbonyl (C=O) groups is 1. The Morgan fingerprint density at radius 2 is 2.12 bits per heavy atom. The molecule has 0 radical (unpaired) electrons. The summed E-state index contributed by atoms with van der Waals surface area (Å²) in [6.07, 6.45) is 4.19. The smallest absolute Gasteiger partial charge is 0.411 e. The lowest BCUT2D eigenvalue weighted by molar-refractivity contribution is 0.0235. The Balaban J connectivity index is 1.88. The molecule has 1 aromatic rings. The Morgan fingerprint density at radius 3 is 2.76 bits per heavy atom. The lowest BCUT2D eigenvalue weighted by atomic mass is 9.91. The molecule has 1 N–H and O–H groups in total. The van der Waals surface area contributed by atoms with Crippen LogP contribution in [0.25, 0.3) is 5.57 Å². The van der Waals surface area contributed by atoms with Gasteiger partial charge in [-0.15, -0.1) is 0 Å². The number of aliphatic hydroxyl groups is 1. The Kier molecular flexibility index (Phi) is 4.73. The van der Waals surface area contributed by atoms with Crippen molar-refractivity contribution >= 4 is 11.7 Å². The van der Waals surface area contributed by atoms with Crippen molar-refractivity contribution < 1.29 is 19.4 Å². The van der Waals surface area contributed by atoms with Gasteiger partial charge in [0, 0.05) is 24.7 Å². The molecule has 2 bridgehead atoms. The zero-order valence-corrected chi connectivity index (χ0v) is 15.3. The largest absolute Gasteiger partial charge is 0.481 e. The SMILES string of the molecule is COc1ccc(C2=CC3CCC2N3C(=O)OC(C)(C)C)c(CCO)n1. The van der Waals surface area contributed by atoms with Gasteiger partial charge in [0.05, 0.1) is 24.9 Å². The van der Waals surface area contributed by atoms with Gasteiger partial charge >= 0.3 is 6.09 Å². The summed E-state index contributed by atoms with van der Waals surface area (Å²) in [4.78, 5) is 18.9. The van der Waals surface area contributed by atoms with Crippen LogP contribution in [0.4, 0.5) is 4.79 Å². The van der Waals surface area contributed by atoms with E-state index in [-0.39, 0.29) is 24.8 Å². The van der Waals surface area contributed by atoms with Gasteiger partial charge < -0.3 is 14.6 Å². The van der Waals surface area contributed by atoms with E-state index in [9.17, 15) is 9.90 Å². The minimum atomic E-state index is -0.511. The number of hydrogen-bond donors (Lipinski definition) is 1. The van der Waals surface area contributed by atoms with E-state index in [0.717, 1.165) is 29.7 Å². The number of nitrogens with zero attached hydrogens (tertiary/aromatic N) is 2. The number of amides is 1. The summed E-state index contributed by atoms with van der Waals surface area (Å²) >= 11 is 0. The van der Waals surface area contributed by atoms with E-state index in [2.05, 4.69) is 11.1 Å². The second-order valence-corrected chi connectivity index (χ2v) is 7.49. The molecular weight excluding hydrogens is 320 g/mol. The average Bonchev–Trinajstić information content (AvgIpc) is 3.11. The summed E-state index contributed by atoms with van der Waals surface area (Å²) in [5.41, 5.74) is 2.37. The summed E-state index contributed by atoms with van der Waals surface area (Å²) in [6, 6.07) is 3.86. The van der Waals surface area contributed by atoms with E-state index in [1.807, 2.05) is 37.8 Å². The fraction of sp³-hybridized carbons (Fsp3) is 0.579. The second-order valence-electron chi connectivity index (χ2n) is 7.49. The number of methoxy groups -OCH3 is 1. The first-order valence-corrected chi connectivity index (χ1v) is 8.72. The van der Waals surface area contributed by atoms with Crippen LogP contribution in [0, 0.1) is 0 Å². The van der Waals surface area contributed by atoms with Crippen LogP contribution < -0.4 is 4.74 Å². The van der Waals surface area contributed by atoms with Crippen LogP contribution >= 0.6 is 0 Å². The van der Waals surface area contributed by atoms with Gasteiger partial charge in [-0.05, 0) is 45.3 Å². The first-order chi connectivity index (χ1) is 11.8. The highest BCUT2D eigenvalue weighted by atomic mass is 16.6. The summed E-state index contributed by atoms with van der Waals surface area (Å²) in [7, 11) is 1.58. The molecule has 0 spiro atoms. The van der Waals surface area contributed by atoms with Gasteiger partial charge in [0.25, 0.3) is 0 Å². The molecule has 1 fully saturated rings. The molecular formula is C19H26N2O4. The van der Waals surface area contributed by atoms with Crippen LogP contribution in [0.2, 0.25) is 0 Å². The average molecular weight is 346 g/mol.